The van der Waals surface area contributed by atoms with Crippen LogP contribution >= 0.6 is 22.9 Å². The number of thiophene rings is 1. The van der Waals surface area contributed by atoms with Crippen LogP contribution < -0.4 is 4.90 Å². The molecule has 1 fully saturated rings. The van der Waals surface area contributed by atoms with Crippen molar-refractivity contribution in [1.29, 1.82) is 0 Å². The predicted molar refractivity (Wildman–Crippen MR) is 104 cm³/mol. The molecule has 5 nitrogen and oxygen atoms in total. The zero-order chi connectivity index (χ0) is 18.1. The summed E-state index contributed by atoms with van der Waals surface area (Å²) in [6.45, 7) is 4.88. The lowest BCUT2D eigenvalue weighted by molar-refractivity contribution is 0.0742. The number of oxazole rings is 1. The molecule has 0 unspecified atom stereocenters. The van der Waals surface area contributed by atoms with Gasteiger partial charge in [-0.25, -0.2) is 4.98 Å². The average Bonchev–Trinajstić information content (AvgIpc) is 3.34. The van der Waals surface area contributed by atoms with Crippen molar-refractivity contribution in [2.45, 2.75) is 6.92 Å². The highest BCUT2D eigenvalue weighted by molar-refractivity contribution is 7.13. The normalized spacial score (nSPS) is 14.7. The first-order chi connectivity index (χ1) is 12.6. The molecule has 0 N–H and O–H groups in total. The van der Waals surface area contributed by atoms with E-state index in [1.54, 1.807) is 0 Å². The van der Waals surface area contributed by atoms with Crippen molar-refractivity contribution in [3.8, 4) is 10.6 Å². The third-order valence-corrected chi connectivity index (χ3v) is 5.70. The maximum atomic E-state index is 12.9. The lowest BCUT2D eigenvalue weighted by Crippen LogP contribution is -2.49. The molecule has 0 bridgehead atoms. The van der Waals surface area contributed by atoms with Gasteiger partial charge >= 0.3 is 0 Å². The van der Waals surface area contributed by atoms with Crippen LogP contribution in [0, 0.1) is 6.92 Å². The Morgan fingerprint density at radius 2 is 2.04 bits per heavy atom. The molecule has 0 radical (unpaired) electrons. The Morgan fingerprint density at radius 3 is 2.77 bits per heavy atom. The quantitative estimate of drug-likeness (QED) is 0.671. The summed E-state index contributed by atoms with van der Waals surface area (Å²) < 4.78 is 5.47. The first-order valence-electron chi connectivity index (χ1n) is 8.41. The van der Waals surface area contributed by atoms with Gasteiger partial charge in [0.25, 0.3) is 5.91 Å². The van der Waals surface area contributed by atoms with Crippen molar-refractivity contribution < 1.29 is 9.21 Å². The molecule has 0 aliphatic carbocycles. The Morgan fingerprint density at radius 1 is 1.23 bits per heavy atom. The lowest BCUT2D eigenvalue weighted by Gasteiger charge is -2.36. The molecule has 2 aromatic heterocycles. The molecule has 7 heteroatoms. The van der Waals surface area contributed by atoms with Crippen molar-refractivity contribution in [3.05, 3.63) is 58.4 Å². The summed E-state index contributed by atoms with van der Waals surface area (Å²) in [6, 6.07) is 9.78. The smallest absolute Gasteiger partial charge is 0.276 e. The van der Waals surface area contributed by atoms with Crippen molar-refractivity contribution in [2.24, 2.45) is 0 Å². The average molecular weight is 388 g/mol. The second kappa shape index (κ2) is 7.13. The van der Waals surface area contributed by atoms with E-state index >= 15 is 0 Å². The standard InChI is InChI=1S/C19H18ClN3O2S/c1-13-4-5-14(20)11-15(13)22-6-8-23(9-7-22)19(24)17-18(25-12-21-17)16-3-2-10-26-16/h2-5,10-12H,6-9H2,1H3. The van der Waals surface area contributed by atoms with Gasteiger partial charge in [-0.2, -0.15) is 0 Å². The molecule has 134 valence electrons. The van der Waals surface area contributed by atoms with E-state index in [2.05, 4.69) is 16.8 Å². The molecule has 1 aliphatic rings. The number of halogens is 1. The van der Waals surface area contributed by atoms with E-state index in [4.69, 9.17) is 16.0 Å². The third kappa shape index (κ3) is 3.22. The summed E-state index contributed by atoms with van der Waals surface area (Å²) in [7, 11) is 0. The number of nitrogens with zero attached hydrogens (tertiary/aromatic N) is 3. The first-order valence-corrected chi connectivity index (χ1v) is 9.67. The SMILES string of the molecule is Cc1ccc(Cl)cc1N1CCN(C(=O)c2ncoc2-c2cccs2)CC1. The number of piperazine rings is 1. The van der Waals surface area contributed by atoms with Crippen LogP contribution in [0.15, 0.2) is 46.5 Å². The number of anilines is 1. The summed E-state index contributed by atoms with van der Waals surface area (Å²) >= 11 is 7.67. The number of carbonyl (C=O) groups is 1. The molecule has 1 amide bonds. The molecular weight excluding hydrogens is 370 g/mol. The number of rotatable bonds is 3. The second-order valence-electron chi connectivity index (χ2n) is 6.22. The highest BCUT2D eigenvalue weighted by Crippen LogP contribution is 2.29. The number of benzene rings is 1. The van der Waals surface area contributed by atoms with Crippen molar-refractivity contribution in [3.63, 3.8) is 0 Å². The van der Waals surface area contributed by atoms with Crippen molar-refractivity contribution in [1.82, 2.24) is 9.88 Å². The van der Waals surface area contributed by atoms with Crippen LogP contribution in [0.3, 0.4) is 0 Å². The van der Waals surface area contributed by atoms with Crippen LogP contribution in [-0.4, -0.2) is 42.0 Å². The Bertz CT molecular complexity index is 915. The lowest BCUT2D eigenvalue weighted by atomic mass is 10.1. The number of aryl methyl sites for hydroxylation is 1. The van der Waals surface area contributed by atoms with Crippen molar-refractivity contribution >= 4 is 34.5 Å². The molecule has 0 spiro atoms. The van der Waals surface area contributed by atoms with E-state index in [1.165, 1.54) is 23.3 Å². The molecule has 0 saturated carbocycles. The number of carbonyl (C=O) groups excluding carboxylic acids is 1. The number of hydrogen-bond acceptors (Lipinski definition) is 5. The summed E-state index contributed by atoms with van der Waals surface area (Å²) in [5.74, 6) is 0.475. The molecule has 1 aromatic carbocycles. The van der Waals surface area contributed by atoms with Crippen LogP contribution in [-0.2, 0) is 0 Å². The third-order valence-electron chi connectivity index (χ3n) is 4.59. The molecule has 0 atom stereocenters. The molecule has 26 heavy (non-hydrogen) atoms. The number of aromatic nitrogens is 1. The fourth-order valence-corrected chi connectivity index (χ4v) is 4.08. The zero-order valence-corrected chi connectivity index (χ0v) is 15.9. The van der Waals surface area contributed by atoms with E-state index in [0.29, 0.717) is 24.5 Å². The van der Waals surface area contributed by atoms with Gasteiger partial charge in [-0.3, -0.25) is 4.79 Å². The molecule has 1 saturated heterocycles. The van der Waals surface area contributed by atoms with Gasteiger partial charge in [0.15, 0.2) is 17.8 Å². The van der Waals surface area contributed by atoms with Gasteiger partial charge in [0.05, 0.1) is 4.88 Å². The summed E-state index contributed by atoms with van der Waals surface area (Å²) in [4.78, 5) is 22.1. The molecule has 3 aromatic rings. The number of hydrogen-bond donors (Lipinski definition) is 0. The summed E-state index contributed by atoms with van der Waals surface area (Å²) in [5, 5.41) is 2.69. The Balaban J connectivity index is 1.48. The highest BCUT2D eigenvalue weighted by Gasteiger charge is 2.27. The van der Waals surface area contributed by atoms with Gasteiger partial charge in [-0.05, 0) is 36.1 Å². The molecule has 1 aliphatic heterocycles. The second-order valence-corrected chi connectivity index (χ2v) is 7.60. The van der Waals surface area contributed by atoms with Gasteiger partial charge in [0.2, 0.25) is 0 Å². The van der Waals surface area contributed by atoms with Gasteiger partial charge in [0, 0.05) is 36.9 Å². The molecule has 3 heterocycles. The molecular formula is C19H18ClN3O2S. The fourth-order valence-electron chi connectivity index (χ4n) is 3.20. The maximum Gasteiger partial charge on any atom is 0.276 e. The largest absolute Gasteiger partial charge is 0.442 e. The Kier molecular flexibility index (Phi) is 4.70. The predicted octanol–water partition coefficient (Wildman–Crippen LogP) is 4.33. The van der Waals surface area contributed by atoms with Crippen LogP contribution in [0.5, 0.6) is 0 Å². The van der Waals surface area contributed by atoms with Crippen LogP contribution in [0.2, 0.25) is 5.02 Å². The zero-order valence-electron chi connectivity index (χ0n) is 14.3. The van der Waals surface area contributed by atoms with Gasteiger partial charge in [-0.15, -0.1) is 11.3 Å². The minimum atomic E-state index is -0.0791. The van der Waals surface area contributed by atoms with Gasteiger partial charge in [-0.1, -0.05) is 23.7 Å². The van der Waals surface area contributed by atoms with E-state index in [9.17, 15) is 4.79 Å². The topological polar surface area (TPSA) is 49.6 Å². The van der Waals surface area contributed by atoms with E-state index in [0.717, 1.165) is 28.7 Å². The van der Waals surface area contributed by atoms with Crippen LogP contribution in [0.25, 0.3) is 10.6 Å². The van der Waals surface area contributed by atoms with Crippen molar-refractivity contribution in [2.75, 3.05) is 31.1 Å². The van der Waals surface area contributed by atoms with Gasteiger partial charge < -0.3 is 14.2 Å². The molecule has 4 rings (SSSR count). The van der Waals surface area contributed by atoms with E-state index in [-0.39, 0.29) is 5.91 Å². The van der Waals surface area contributed by atoms with Crippen LogP contribution in [0.1, 0.15) is 16.1 Å². The summed E-state index contributed by atoms with van der Waals surface area (Å²) in [5.41, 5.74) is 2.70. The Hall–Kier alpha value is -2.31. The highest BCUT2D eigenvalue weighted by atomic mass is 35.5. The minimum absolute atomic E-state index is 0.0791. The van der Waals surface area contributed by atoms with Gasteiger partial charge in [0.1, 0.15) is 0 Å². The maximum absolute atomic E-state index is 12.9. The Labute approximate surface area is 160 Å². The van der Waals surface area contributed by atoms with E-state index in [1.807, 2.05) is 40.6 Å². The number of amides is 1. The monoisotopic (exact) mass is 387 g/mol. The minimum Gasteiger partial charge on any atom is -0.442 e. The van der Waals surface area contributed by atoms with Crippen LogP contribution in [0.4, 0.5) is 5.69 Å². The van der Waals surface area contributed by atoms with E-state index < -0.39 is 0 Å². The first kappa shape index (κ1) is 17.1. The summed E-state index contributed by atoms with van der Waals surface area (Å²) in [6.07, 6.45) is 1.34. The fraction of sp³-hybridized carbons (Fsp3) is 0.263.